The van der Waals surface area contributed by atoms with Gasteiger partial charge in [0, 0.05) is 5.56 Å². The third-order valence-electron chi connectivity index (χ3n) is 8.14. The van der Waals surface area contributed by atoms with Crippen LogP contribution in [0.3, 0.4) is 0 Å². The van der Waals surface area contributed by atoms with Crippen molar-refractivity contribution < 1.29 is 18.8 Å². The fourth-order valence-electron chi connectivity index (χ4n) is 5.76. The van der Waals surface area contributed by atoms with Crippen LogP contribution in [0, 0.1) is 0 Å². The Morgan fingerprint density at radius 3 is 1.23 bits per heavy atom. The topological polar surface area (TPSA) is 66.8 Å². The fourth-order valence-corrected chi connectivity index (χ4v) is 5.92. The highest BCUT2D eigenvalue weighted by Gasteiger charge is 2.27. The van der Waals surface area contributed by atoms with Crippen molar-refractivity contribution in [1.29, 1.82) is 0 Å². The fraction of sp³-hybridized carbons (Fsp3) is 0.794. The number of carbonyl (C=O) groups excluding carboxylic acids is 1. The zero-order valence-corrected chi connectivity index (χ0v) is 27.1. The lowest BCUT2D eigenvalue weighted by Gasteiger charge is -2.21. The van der Waals surface area contributed by atoms with E-state index in [4.69, 9.17) is 3.83 Å². The van der Waals surface area contributed by atoms with Gasteiger partial charge in [0.1, 0.15) is 5.56 Å². The van der Waals surface area contributed by atoms with Crippen LogP contribution in [0.4, 0.5) is 0 Å². The summed E-state index contributed by atoms with van der Waals surface area (Å²) in [5.74, 6) is -1.04. The average molecular weight is 612 g/mol. The van der Waals surface area contributed by atoms with Crippen molar-refractivity contribution in [2.75, 3.05) is 0 Å². The van der Waals surface area contributed by atoms with Crippen LogP contribution in [-0.2, 0) is 23.1 Å². The molecule has 0 unspecified atom stereocenters. The Morgan fingerprint density at radius 2 is 0.846 bits per heavy atom. The maximum absolute atomic E-state index is 12.8. The second-order valence-corrected chi connectivity index (χ2v) is 11.8. The summed E-state index contributed by atoms with van der Waals surface area (Å²) in [6, 6.07) is 0. The average Bonchev–Trinajstić information content (AvgIpc) is 2.94. The number of phenolic OH excluding ortho intramolecular Hbond substituents is 2. The number of hydrogen-bond donors (Lipinski definition) is 2. The van der Waals surface area contributed by atoms with Gasteiger partial charge < -0.3 is 14.0 Å². The number of carbonyl (C=O) groups is 1. The van der Waals surface area contributed by atoms with Gasteiger partial charge in [-0.2, -0.15) is 0 Å². The summed E-state index contributed by atoms with van der Waals surface area (Å²) in [5, 5.41) is 22.1. The van der Waals surface area contributed by atoms with Gasteiger partial charge >= 0.3 is 5.97 Å². The zero-order chi connectivity index (χ0) is 28.7. The Balaban J connectivity index is 3.09. The second kappa shape index (κ2) is 23.5. The van der Waals surface area contributed by atoms with Crippen molar-refractivity contribution in [3.8, 4) is 11.5 Å². The minimum atomic E-state index is -0.621. The maximum atomic E-state index is 12.8. The van der Waals surface area contributed by atoms with Crippen LogP contribution in [0.15, 0.2) is 0 Å². The Labute approximate surface area is 249 Å². The van der Waals surface area contributed by atoms with Crippen LogP contribution in [0.5, 0.6) is 11.5 Å². The van der Waals surface area contributed by atoms with E-state index in [1.165, 1.54) is 96.3 Å². The molecule has 0 saturated heterocycles. The van der Waals surface area contributed by atoms with Crippen LogP contribution in [0.1, 0.15) is 183 Å². The predicted octanol–water partition coefficient (Wildman–Crippen LogP) is 11.4. The monoisotopic (exact) mass is 610 g/mol. The molecule has 2 N–H and O–H groups in total. The van der Waals surface area contributed by atoms with E-state index in [1.54, 1.807) is 0 Å². The summed E-state index contributed by atoms with van der Waals surface area (Å²) in [7, 11) is 0. The molecular weight excluding hydrogens is 552 g/mol. The first-order chi connectivity index (χ1) is 19.0. The van der Waals surface area contributed by atoms with Gasteiger partial charge in [-0.1, -0.05) is 136 Å². The molecule has 39 heavy (non-hydrogen) atoms. The summed E-state index contributed by atoms with van der Waals surface area (Å²) < 4.78 is 4.91. The molecule has 1 rings (SSSR count). The van der Waals surface area contributed by atoms with Crippen molar-refractivity contribution in [3.63, 3.8) is 0 Å². The molecule has 5 heteroatoms. The molecule has 4 nitrogen and oxygen atoms in total. The molecule has 0 aliphatic heterocycles. The van der Waals surface area contributed by atoms with Crippen LogP contribution < -0.4 is 0 Å². The number of rotatable bonds is 25. The molecule has 0 aromatic heterocycles. The van der Waals surface area contributed by atoms with Crippen molar-refractivity contribution in [1.82, 2.24) is 0 Å². The summed E-state index contributed by atoms with van der Waals surface area (Å²) in [5.41, 5.74) is 2.99. The molecule has 0 fully saturated rings. The molecule has 0 aliphatic rings. The molecule has 0 saturated carbocycles. The first-order valence-electron chi connectivity index (χ1n) is 16.4. The van der Waals surface area contributed by atoms with E-state index in [-0.39, 0.29) is 17.1 Å². The number of hydrogen-bond acceptors (Lipinski definition) is 4. The quantitative estimate of drug-likeness (QED) is 0.0853. The number of benzene rings is 1. The Morgan fingerprint density at radius 1 is 0.513 bits per heavy atom. The molecule has 0 spiro atoms. The molecule has 226 valence electrons. The zero-order valence-electron chi connectivity index (χ0n) is 25.6. The Kier molecular flexibility index (Phi) is 21.5. The molecule has 0 aliphatic carbocycles. The Bertz CT molecular complexity index is 777. The highest BCUT2D eigenvalue weighted by atomic mass is 79.9. The van der Waals surface area contributed by atoms with Crippen molar-refractivity contribution in [2.24, 2.45) is 0 Å². The van der Waals surface area contributed by atoms with E-state index in [0.717, 1.165) is 74.5 Å². The van der Waals surface area contributed by atoms with Gasteiger partial charge in [-0.3, -0.25) is 0 Å². The lowest BCUT2D eigenvalue weighted by atomic mass is 9.85. The minimum absolute atomic E-state index is 0.116. The maximum Gasteiger partial charge on any atom is 0.353 e. The van der Waals surface area contributed by atoms with E-state index >= 15 is 0 Å². The first-order valence-corrected chi connectivity index (χ1v) is 17.1. The molecule has 1 aromatic carbocycles. The van der Waals surface area contributed by atoms with E-state index in [1.807, 2.05) is 0 Å². The highest BCUT2D eigenvalue weighted by molar-refractivity contribution is 9.06. The lowest BCUT2D eigenvalue weighted by molar-refractivity contribution is 0.0776. The van der Waals surface area contributed by atoms with Crippen LogP contribution in [-0.4, -0.2) is 16.2 Å². The minimum Gasteiger partial charge on any atom is -0.504 e. The lowest BCUT2D eigenvalue weighted by Crippen LogP contribution is -2.11. The van der Waals surface area contributed by atoms with Gasteiger partial charge in [0.15, 0.2) is 27.8 Å². The van der Waals surface area contributed by atoms with Crippen LogP contribution >= 0.6 is 16.3 Å². The van der Waals surface area contributed by atoms with Crippen LogP contribution in [0.25, 0.3) is 0 Å². The predicted molar refractivity (Wildman–Crippen MR) is 169 cm³/mol. The van der Waals surface area contributed by atoms with Gasteiger partial charge in [0.2, 0.25) is 0 Å². The molecule has 0 amide bonds. The molecule has 0 atom stereocenters. The van der Waals surface area contributed by atoms with E-state index < -0.39 is 5.97 Å². The molecule has 1 aromatic rings. The summed E-state index contributed by atoms with van der Waals surface area (Å²) >= 11 is 2.83. The highest BCUT2D eigenvalue weighted by Crippen LogP contribution is 2.41. The smallest absolute Gasteiger partial charge is 0.353 e. The van der Waals surface area contributed by atoms with Crippen molar-refractivity contribution >= 4 is 22.2 Å². The SMILES string of the molecule is CCCCCCCCCc1c(O)c(O)c(C(=O)OBr)c(CCCCCCCCC)c1CCCCCCCCC. The van der Waals surface area contributed by atoms with Crippen molar-refractivity contribution in [2.45, 2.75) is 175 Å². The summed E-state index contributed by atoms with van der Waals surface area (Å²) in [4.78, 5) is 12.8. The summed E-state index contributed by atoms with van der Waals surface area (Å²) in [6.07, 6.45) is 27.6. The third kappa shape index (κ3) is 14.3. The van der Waals surface area contributed by atoms with E-state index in [9.17, 15) is 15.0 Å². The van der Waals surface area contributed by atoms with Gasteiger partial charge in [-0.05, 0) is 49.7 Å². The standard InChI is InChI=1S/C34H59BrO4/c1-4-7-10-13-16-19-22-25-28-29(26-23-20-17-14-11-8-5-2)31(34(38)39-35)33(37)32(36)30(28)27-24-21-18-15-12-9-6-3/h36-37H,4-27H2,1-3H3. The van der Waals surface area contributed by atoms with Crippen molar-refractivity contribution in [3.05, 3.63) is 22.3 Å². The number of phenols is 2. The second-order valence-electron chi connectivity index (χ2n) is 11.5. The molecule has 0 bridgehead atoms. The summed E-state index contributed by atoms with van der Waals surface area (Å²) in [6.45, 7) is 6.71. The number of aromatic hydroxyl groups is 2. The normalized spacial score (nSPS) is 11.3. The molecule has 0 heterocycles. The van der Waals surface area contributed by atoms with Crippen LogP contribution in [0.2, 0.25) is 0 Å². The number of halogens is 1. The Hall–Kier alpha value is -1.23. The molecular formula is C34H59BrO4. The van der Waals surface area contributed by atoms with Gasteiger partial charge in [-0.25, -0.2) is 4.79 Å². The van der Waals surface area contributed by atoms with Gasteiger partial charge in [0.05, 0.1) is 0 Å². The largest absolute Gasteiger partial charge is 0.504 e. The molecule has 0 radical (unpaired) electrons. The van der Waals surface area contributed by atoms with E-state index in [2.05, 4.69) is 37.0 Å². The van der Waals surface area contributed by atoms with Gasteiger partial charge in [-0.15, -0.1) is 0 Å². The first kappa shape index (κ1) is 35.8. The van der Waals surface area contributed by atoms with Gasteiger partial charge in [0.25, 0.3) is 0 Å². The third-order valence-corrected chi connectivity index (χ3v) is 8.44. The van der Waals surface area contributed by atoms with E-state index in [0.29, 0.717) is 0 Å². The number of unbranched alkanes of at least 4 members (excludes halogenated alkanes) is 18.